The molecule has 0 aliphatic carbocycles. The Hall–Kier alpha value is -2.23. The van der Waals surface area contributed by atoms with E-state index in [9.17, 15) is 9.59 Å². The molecule has 0 bridgehead atoms. The number of anilines is 1. The fourth-order valence-electron chi connectivity index (χ4n) is 4.23. The Morgan fingerprint density at radius 1 is 1.12 bits per heavy atom. The number of piperazine rings is 1. The molecule has 2 aromatic rings. The Balaban J connectivity index is 1.75. The lowest BCUT2D eigenvalue weighted by atomic mass is 10.2. The first-order valence-electron chi connectivity index (χ1n) is 11.7. The fourth-order valence-corrected chi connectivity index (χ4v) is 5.52. The van der Waals surface area contributed by atoms with E-state index < -0.39 is 0 Å². The topological polar surface area (TPSA) is 61.2 Å². The second kappa shape index (κ2) is 10.4. The minimum atomic E-state index is -0.159. The molecule has 0 unspecified atom stereocenters. The summed E-state index contributed by atoms with van der Waals surface area (Å²) in [4.78, 5) is 38.3. The number of hydrogen-bond donors (Lipinski definition) is 0. The van der Waals surface area contributed by atoms with Crippen molar-refractivity contribution in [2.45, 2.75) is 40.0 Å². The number of hydrogen-bond acceptors (Lipinski definition) is 7. The molecule has 2 aromatic heterocycles. The van der Waals surface area contributed by atoms with Gasteiger partial charge in [-0.25, -0.2) is 4.98 Å². The predicted octanol–water partition coefficient (Wildman–Crippen LogP) is 3.54. The Labute approximate surface area is 204 Å². The van der Waals surface area contributed by atoms with Gasteiger partial charge in [0.1, 0.15) is 15.8 Å². The molecule has 0 aromatic carbocycles. The third-order valence-electron chi connectivity index (χ3n) is 6.24. The number of pyridine rings is 1. The SMILES string of the molecule is CCCCCN1C(=O)C(=Cc2c(N3CCN(CC)CC3)nc3ccc(C)cn3c2=O)SC1=S. The number of thiocarbonyl (C=S) groups is 1. The molecule has 0 spiro atoms. The van der Waals surface area contributed by atoms with Crippen molar-refractivity contribution in [1.82, 2.24) is 19.2 Å². The van der Waals surface area contributed by atoms with Crippen LogP contribution in [-0.4, -0.2) is 68.7 Å². The van der Waals surface area contributed by atoms with Gasteiger partial charge in [-0.1, -0.05) is 56.7 Å². The Morgan fingerprint density at radius 3 is 2.58 bits per heavy atom. The van der Waals surface area contributed by atoms with E-state index in [1.807, 2.05) is 19.1 Å². The van der Waals surface area contributed by atoms with Crippen LogP contribution in [0.25, 0.3) is 11.7 Å². The third-order valence-corrected chi connectivity index (χ3v) is 7.62. The lowest BCUT2D eigenvalue weighted by Crippen LogP contribution is -2.47. The average molecular weight is 486 g/mol. The van der Waals surface area contributed by atoms with Gasteiger partial charge >= 0.3 is 0 Å². The summed E-state index contributed by atoms with van der Waals surface area (Å²) >= 11 is 6.76. The molecule has 4 rings (SSSR count). The second-order valence-corrected chi connectivity index (χ2v) is 10.2. The average Bonchev–Trinajstić information content (AvgIpc) is 3.08. The zero-order valence-corrected chi connectivity index (χ0v) is 21.2. The number of aromatic nitrogens is 2. The van der Waals surface area contributed by atoms with Gasteiger partial charge in [-0.05, 0) is 37.6 Å². The maximum atomic E-state index is 13.6. The highest BCUT2D eigenvalue weighted by molar-refractivity contribution is 8.26. The largest absolute Gasteiger partial charge is 0.353 e. The summed E-state index contributed by atoms with van der Waals surface area (Å²) in [7, 11) is 0. The summed E-state index contributed by atoms with van der Waals surface area (Å²) < 4.78 is 2.14. The van der Waals surface area contributed by atoms with Crippen molar-refractivity contribution < 1.29 is 4.79 Å². The molecular formula is C24H31N5O2S2. The molecule has 33 heavy (non-hydrogen) atoms. The van der Waals surface area contributed by atoms with E-state index in [-0.39, 0.29) is 11.5 Å². The van der Waals surface area contributed by atoms with E-state index >= 15 is 0 Å². The number of likely N-dealkylation sites (N-methyl/N-ethyl adjacent to an activating group) is 1. The zero-order chi connectivity index (χ0) is 23.5. The van der Waals surface area contributed by atoms with Crippen LogP contribution in [0.1, 0.15) is 44.2 Å². The molecule has 0 N–H and O–H groups in total. The molecule has 2 aliphatic rings. The number of carbonyl (C=O) groups excluding carboxylic acids is 1. The molecule has 0 saturated carbocycles. The van der Waals surface area contributed by atoms with Crippen LogP contribution in [0.15, 0.2) is 28.0 Å². The molecule has 9 heteroatoms. The van der Waals surface area contributed by atoms with Gasteiger partial charge in [-0.2, -0.15) is 0 Å². The van der Waals surface area contributed by atoms with Crippen molar-refractivity contribution in [1.29, 1.82) is 0 Å². The van der Waals surface area contributed by atoms with Gasteiger partial charge in [-0.3, -0.25) is 18.9 Å². The van der Waals surface area contributed by atoms with E-state index in [2.05, 4.69) is 23.6 Å². The highest BCUT2D eigenvalue weighted by atomic mass is 32.2. The first kappa shape index (κ1) is 23.9. The van der Waals surface area contributed by atoms with Crippen LogP contribution in [0.5, 0.6) is 0 Å². The summed E-state index contributed by atoms with van der Waals surface area (Å²) in [5, 5.41) is 0. The van der Waals surface area contributed by atoms with Crippen molar-refractivity contribution in [2.75, 3.05) is 44.2 Å². The molecule has 2 saturated heterocycles. The van der Waals surface area contributed by atoms with E-state index in [1.54, 1.807) is 21.6 Å². The normalized spacial score (nSPS) is 18.8. The van der Waals surface area contributed by atoms with Crippen molar-refractivity contribution in [3.63, 3.8) is 0 Å². The second-order valence-electron chi connectivity index (χ2n) is 8.55. The van der Waals surface area contributed by atoms with Gasteiger partial charge in [0.25, 0.3) is 11.5 Å². The minimum Gasteiger partial charge on any atom is -0.353 e. The molecule has 2 aliphatic heterocycles. The van der Waals surface area contributed by atoms with E-state index in [1.165, 1.54) is 11.8 Å². The molecule has 2 fully saturated rings. The van der Waals surface area contributed by atoms with Crippen molar-refractivity contribution >= 4 is 51.7 Å². The molecule has 0 radical (unpaired) electrons. The molecule has 176 valence electrons. The predicted molar refractivity (Wildman–Crippen MR) is 140 cm³/mol. The number of fused-ring (bicyclic) bond motifs is 1. The summed E-state index contributed by atoms with van der Waals surface area (Å²) in [5.41, 5.74) is 1.89. The summed E-state index contributed by atoms with van der Waals surface area (Å²) in [5.74, 6) is 0.535. The molecule has 1 amide bonds. The van der Waals surface area contributed by atoms with Crippen LogP contribution in [0.4, 0.5) is 5.82 Å². The van der Waals surface area contributed by atoms with Crippen LogP contribution in [0.2, 0.25) is 0 Å². The molecule has 7 nitrogen and oxygen atoms in total. The maximum Gasteiger partial charge on any atom is 0.267 e. The minimum absolute atomic E-state index is 0.114. The zero-order valence-electron chi connectivity index (χ0n) is 19.5. The van der Waals surface area contributed by atoms with Crippen LogP contribution in [-0.2, 0) is 4.79 Å². The number of thioether (sulfide) groups is 1. The number of aryl methyl sites for hydroxylation is 1. The van der Waals surface area contributed by atoms with Gasteiger partial charge in [0.2, 0.25) is 0 Å². The van der Waals surface area contributed by atoms with Gasteiger partial charge in [0.05, 0.1) is 10.5 Å². The van der Waals surface area contributed by atoms with Crippen LogP contribution >= 0.6 is 24.0 Å². The number of rotatable bonds is 7. The maximum absolute atomic E-state index is 13.6. The fraction of sp³-hybridized carbons (Fsp3) is 0.500. The van der Waals surface area contributed by atoms with Crippen LogP contribution in [0.3, 0.4) is 0 Å². The van der Waals surface area contributed by atoms with Crippen LogP contribution in [0, 0.1) is 6.92 Å². The first-order valence-corrected chi connectivity index (χ1v) is 12.9. The summed E-state index contributed by atoms with van der Waals surface area (Å²) in [6, 6.07) is 3.83. The van der Waals surface area contributed by atoms with Crippen molar-refractivity contribution in [3.8, 4) is 0 Å². The highest BCUT2D eigenvalue weighted by Gasteiger charge is 2.32. The van der Waals surface area contributed by atoms with E-state index in [4.69, 9.17) is 17.2 Å². The van der Waals surface area contributed by atoms with Gasteiger partial charge in [0.15, 0.2) is 0 Å². The van der Waals surface area contributed by atoms with Gasteiger partial charge < -0.3 is 9.80 Å². The van der Waals surface area contributed by atoms with Crippen molar-refractivity contribution in [3.05, 3.63) is 44.7 Å². The Bertz CT molecular complexity index is 1150. The Kier molecular flexibility index (Phi) is 7.51. The summed E-state index contributed by atoms with van der Waals surface area (Å²) in [6.07, 6.45) is 6.57. The highest BCUT2D eigenvalue weighted by Crippen LogP contribution is 2.34. The van der Waals surface area contributed by atoms with E-state index in [0.717, 1.165) is 57.5 Å². The summed E-state index contributed by atoms with van der Waals surface area (Å²) in [6.45, 7) is 11.3. The quantitative estimate of drug-likeness (QED) is 0.338. The monoisotopic (exact) mass is 485 g/mol. The number of carbonyl (C=O) groups is 1. The molecular weight excluding hydrogens is 454 g/mol. The smallest absolute Gasteiger partial charge is 0.267 e. The van der Waals surface area contributed by atoms with E-state index in [0.29, 0.717) is 32.8 Å². The lowest BCUT2D eigenvalue weighted by Gasteiger charge is -2.35. The number of nitrogens with zero attached hydrogens (tertiary/aromatic N) is 5. The molecule has 0 atom stereocenters. The first-order chi connectivity index (χ1) is 15.9. The molecule has 4 heterocycles. The number of unbranched alkanes of at least 4 members (excludes halogenated alkanes) is 2. The lowest BCUT2D eigenvalue weighted by molar-refractivity contribution is -0.122. The van der Waals surface area contributed by atoms with Crippen LogP contribution < -0.4 is 10.5 Å². The third kappa shape index (κ3) is 5.00. The Morgan fingerprint density at radius 2 is 1.88 bits per heavy atom. The van der Waals surface area contributed by atoms with Gasteiger partial charge in [-0.15, -0.1) is 0 Å². The number of amides is 1. The standard InChI is InChI=1S/C24H31N5O2S2/c1-4-6-7-10-28-23(31)19(33-24(28)32)15-18-21(27-13-11-26(5-2)12-14-27)25-20-9-8-17(3)16-29(20)22(18)30/h8-9,15-16H,4-7,10-14H2,1-3H3. The van der Waals surface area contributed by atoms with Crippen molar-refractivity contribution in [2.24, 2.45) is 0 Å². The van der Waals surface area contributed by atoms with Gasteiger partial charge in [0, 0.05) is 38.9 Å².